The van der Waals surface area contributed by atoms with Crippen molar-refractivity contribution in [3.8, 4) is 17.2 Å². The molecule has 12 heteroatoms. The van der Waals surface area contributed by atoms with E-state index in [2.05, 4.69) is 20.7 Å². The molecule has 0 spiro atoms. The molecule has 0 aliphatic rings. The first-order valence-electron chi connectivity index (χ1n) is 15.4. The van der Waals surface area contributed by atoms with E-state index in [0.29, 0.717) is 30.2 Å². The standard InChI is InChI=1S/C35H43N3O9/c1-8-10-17-45-29-19-22(31(40)36-25-14-13-24(18-28(25)39)33(42)44-7)11-15-26(29)37-32(41)23-12-16-27(30(20-23)46-21(3)9-2)38-34(43)47-35(4,5)6/h11-16,18-21,39H,8-10,17H2,1-7H3,(H,36,40)(H,37,41)(H,38,43). The van der Waals surface area contributed by atoms with Crippen molar-refractivity contribution in [1.29, 1.82) is 0 Å². The number of amides is 3. The molecule has 0 bridgehead atoms. The van der Waals surface area contributed by atoms with Gasteiger partial charge in [0, 0.05) is 11.1 Å². The van der Waals surface area contributed by atoms with E-state index in [9.17, 15) is 24.3 Å². The van der Waals surface area contributed by atoms with Gasteiger partial charge in [-0.15, -0.1) is 0 Å². The molecule has 0 aromatic heterocycles. The van der Waals surface area contributed by atoms with Gasteiger partial charge in [-0.2, -0.15) is 0 Å². The average Bonchev–Trinajstić information content (AvgIpc) is 3.02. The minimum absolute atomic E-state index is 0.0912. The molecule has 3 rings (SSSR count). The van der Waals surface area contributed by atoms with E-state index in [-0.39, 0.29) is 40.0 Å². The highest BCUT2D eigenvalue weighted by atomic mass is 16.6. The third kappa shape index (κ3) is 10.7. The number of aromatic hydroxyl groups is 1. The summed E-state index contributed by atoms with van der Waals surface area (Å²) in [5, 5.41) is 18.5. The van der Waals surface area contributed by atoms with Crippen molar-refractivity contribution in [1.82, 2.24) is 0 Å². The van der Waals surface area contributed by atoms with Gasteiger partial charge < -0.3 is 34.7 Å². The van der Waals surface area contributed by atoms with Gasteiger partial charge in [0.2, 0.25) is 0 Å². The summed E-state index contributed by atoms with van der Waals surface area (Å²) in [7, 11) is 1.23. The Hall–Kier alpha value is -5.26. The van der Waals surface area contributed by atoms with Gasteiger partial charge in [-0.05, 0) is 95.1 Å². The molecule has 0 fully saturated rings. The van der Waals surface area contributed by atoms with E-state index >= 15 is 0 Å². The molecule has 0 saturated carbocycles. The molecule has 12 nitrogen and oxygen atoms in total. The predicted octanol–water partition coefficient (Wildman–Crippen LogP) is 7.39. The zero-order chi connectivity index (χ0) is 34.7. The molecule has 0 heterocycles. The number of nitrogens with one attached hydrogen (secondary N) is 3. The zero-order valence-corrected chi connectivity index (χ0v) is 27.8. The first kappa shape index (κ1) is 36.2. The Bertz CT molecular complexity index is 1600. The van der Waals surface area contributed by atoms with Gasteiger partial charge in [-0.1, -0.05) is 20.3 Å². The topological polar surface area (TPSA) is 162 Å². The molecule has 3 aromatic carbocycles. The summed E-state index contributed by atoms with van der Waals surface area (Å²) in [6, 6.07) is 13.2. The summed E-state index contributed by atoms with van der Waals surface area (Å²) < 4.78 is 22.0. The van der Waals surface area contributed by atoms with Gasteiger partial charge in [0.1, 0.15) is 22.8 Å². The fraction of sp³-hybridized carbons (Fsp3) is 0.371. The van der Waals surface area contributed by atoms with Crippen LogP contribution >= 0.6 is 0 Å². The van der Waals surface area contributed by atoms with Crippen LogP contribution in [0, 0.1) is 0 Å². The zero-order valence-electron chi connectivity index (χ0n) is 27.8. The van der Waals surface area contributed by atoms with Crippen LogP contribution in [0.1, 0.15) is 91.9 Å². The van der Waals surface area contributed by atoms with Crippen LogP contribution in [-0.4, -0.2) is 54.4 Å². The van der Waals surface area contributed by atoms with Crippen LogP contribution in [-0.2, 0) is 9.47 Å². The van der Waals surface area contributed by atoms with Crippen LogP contribution in [0.3, 0.4) is 0 Å². The number of carbonyl (C=O) groups is 4. The van der Waals surface area contributed by atoms with E-state index < -0.39 is 29.5 Å². The van der Waals surface area contributed by atoms with Crippen molar-refractivity contribution in [3.63, 3.8) is 0 Å². The third-order valence-electron chi connectivity index (χ3n) is 6.70. The van der Waals surface area contributed by atoms with E-state index in [0.717, 1.165) is 12.8 Å². The second-order valence-electron chi connectivity index (χ2n) is 11.7. The van der Waals surface area contributed by atoms with Crippen LogP contribution in [0.25, 0.3) is 0 Å². The molecular formula is C35H43N3O9. The van der Waals surface area contributed by atoms with Gasteiger partial charge in [0.05, 0.1) is 42.4 Å². The number of methoxy groups -OCH3 is 1. The lowest BCUT2D eigenvalue weighted by atomic mass is 10.1. The number of phenolic OH excluding ortho intramolecular Hbond substituents is 1. The summed E-state index contributed by atoms with van der Waals surface area (Å²) in [5.41, 5.74) is 0.650. The maximum Gasteiger partial charge on any atom is 0.412 e. The number of anilines is 3. The van der Waals surface area contributed by atoms with Gasteiger partial charge in [-0.25, -0.2) is 9.59 Å². The van der Waals surface area contributed by atoms with Gasteiger partial charge >= 0.3 is 12.1 Å². The van der Waals surface area contributed by atoms with Crippen molar-refractivity contribution in [2.24, 2.45) is 0 Å². The van der Waals surface area contributed by atoms with Crippen LogP contribution in [0.4, 0.5) is 21.9 Å². The number of benzene rings is 3. The van der Waals surface area contributed by atoms with Gasteiger partial charge in [0.25, 0.3) is 11.8 Å². The van der Waals surface area contributed by atoms with Crippen LogP contribution < -0.4 is 25.4 Å². The van der Waals surface area contributed by atoms with Crippen molar-refractivity contribution in [3.05, 3.63) is 71.3 Å². The lowest BCUT2D eigenvalue weighted by Gasteiger charge is -2.21. The summed E-state index contributed by atoms with van der Waals surface area (Å²) >= 11 is 0. The maximum absolute atomic E-state index is 13.4. The number of hydrogen-bond acceptors (Lipinski definition) is 9. The van der Waals surface area contributed by atoms with Crippen LogP contribution in [0.2, 0.25) is 0 Å². The monoisotopic (exact) mass is 649 g/mol. The van der Waals surface area contributed by atoms with E-state index in [1.165, 1.54) is 43.5 Å². The number of esters is 1. The highest BCUT2D eigenvalue weighted by Crippen LogP contribution is 2.32. The van der Waals surface area contributed by atoms with Crippen molar-refractivity contribution >= 4 is 40.9 Å². The predicted molar refractivity (Wildman–Crippen MR) is 179 cm³/mol. The maximum atomic E-state index is 13.4. The Kier molecular flexibility index (Phi) is 12.6. The fourth-order valence-electron chi connectivity index (χ4n) is 4.06. The molecule has 3 amide bonds. The van der Waals surface area contributed by atoms with Crippen molar-refractivity contribution < 1.29 is 43.2 Å². The number of rotatable bonds is 13. The summed E-state index contributed by atoms with van der Waals surface area (Å²) in [6.07, 6.45) is 1.45. The lowest BCUT2D eigenvalue weighted by molar-refractivity contribution is 0.0597. The molecule has 1 atom stereocenters. The molecule has 4 N–H and O–H groups in total. The minimum atomic E-state index is -0.701. The number of phenols is 1. The molecular weight excluding hydrogens is 606 g/mol. The Morgan fingerprint density at radius 1 is 0.787 bits per heavy atom. The normalized spacial score (nSPS) is 11.6. The van der Waals surface area contributed by atoms with E-state index in [1.54, 1.807) is 39.0 Å². The Labute approximate surface area is 274 Å². The van der Waals surface area contributed by atoms with Crippen LogP contribution in [0.5, 0.6) is 17.2 Å². The highest BCUT2D eigenvalue weighted by molar-refractivity contribution is 6.08. The lowest BCUT2D eigenvalue weighted by Crippen LogP contribution is -2.27. The Balaban J connectivity index is 1.86. The minimum Gasteiger partial charge on any atom is -0.506 e. The number of unbranched alkanes of at least 4 members (excludes halogenated alkanes) is 1. The van der Waals surface area contributed by atoms with Gasteiger partial charge in [0.15, 0.2) is 0 Å². The second kappa shape index (κ2) is 16.3. The first-order chi connectivity index (χ1) is 22.2. The average molecular weight is 650 g/mol. The van der Waals surface area contributed by atoms with Crippen LogP contribution in [0.15, 0.2) is 54.6 Å². The molecule has 0 saturated heterocycles. The molecule has 1 unspecified atom stereocenters. The first-order valence-corrected chi connectivity index (χ1v) is 15.4. The summed E-state index contributed by atoms with van der Waals surface area (Å²) in [5.74, 6) is -1.40. The number of carbonyl (C=O) groups excluding carboxylic acids is 4. The van der Waals surface area contributed by atoms with E-state index in [1.807, 2.05) is 20.8 Å². The largest absolute Gasteiger partial charge is 0.506 e. The molecule has 0 radical (unpaired) electrons. The SMILES string of the molecule is CCCCOc1cc(C(=O)Nc2ccc(C(=O)OC)cc2O)ccc1NC(=O)c1ccc(NC(=O)OC(C)(C)C)c(OC(C)CC)c1. The molecule has 252 valence electrons. The van der Waals surface area contributed by atoms with Gasteiger partial charge in [-0.3, -0.25) is 14.9 Å². The number of hydrogen-bond donors (Lipinski definition) is 4. The quantitative estimate of drug-likeness (QED) is 0.0840. The smallest absolute Gasteiger partial charge is 0.412 e. The second-order valence-corrected chi connectivity index (χ2v) is 11.7. The Morgan fingerprint density at radius 3 is 1.89 bits per heavy atom. The summed E-state index contributed by atoms with van der Waals surface area (Å²) in [6.45, 7) is 11.5. The van der Waals surface area contributed by atoms with Crippen molar-refractivity contribution in [2.45, 2.75) is 72.5 Å². The summed E-state index contributed by atoms with van der Waals surface area (Å²) in [4.78, 5) is 50.7. The number of ether oxygens (including phenoxy) is 4. The fourth-order valence-corrected chi connectivity index (χ4v) is 4.06. The Morgan fingerprint density at radius 2 is 1.34 bits per heavy atom. The van der Waals surface area contributed by atoms with E-state index in [4.69, 9.17) is 14.2 Å². The third-order valence-corrected chi connectivity index (χ3v) is 6.70. The molecule has 0 aliphatic carbocycles. The molecule has 3 aromatic rings. The molecule has 47 heavy (non-hydrogen) atoms. The van der Waals surface area contributed by atoms with Crippen molar-refractivity contribution in [2.75, 3.05) is 29.7 Å². The highest BCUT2D eigenvalue weighted by Gasteiger charge is 2.21. The molecule has 0 aliphatic heterocycles.